The number of benzene rings is 2. The number of para-hydroxylation sites is 2. The molecule has 0 atom stereocenters. The van der Waals surface area contributed by atoms with E-state index in [-0.39, 0.29) is 23.9 Å². The van der Waals surface area contributed by atoms with Gasteiger partial charge in [-0.25, -0.2) is 4.98 Å². The first-order valence-corrected chi connectivity index (χ1v) is 10.0. The zero-order valence-corrected chi connectivity index (χ0v) is 17.8. The molecule has 0 aliphatic rings. The minimum atomic E-state index is -0.346. The van der Waals surface area contributed by atoms with Gasteiger partial charge < -0.3 is 9.84 Å². The van der Waals surface area contributed by atoms with Gasteiger partial charge in [0.15, 0.2) is 5.82 Å². The summed E-state index contributed by atoms with van der Waals surface area (Å²) in [5.74, 6) is 1.18. The number of hydrogen-bond donors (Lipinski definition) is 1. The Labute approximate surface area is 178 Å². The number of carbonyl (C=O) groups excluding carboxylic acids is 1. The molecule has 2 aromatic carbocycles. The van der Waals surface area contributed by atoms with Crippen molar-refractivity contribution < 1.29 is 9.32 Å². The molecular weight excluding hydrogens is 394 g/mol. The number of nitrogens with zero attached hydrogens (tertiary/aromatic N) is 4. The van der Waals surface area contributed by atoms with Crippen LogP contribution in [0.2, 0.25) is 0 Å². The maximum atomic E-state index is 12.9. The zero-order valence-electron chi connectivity index (χ0n) is 17.8. The van der Waals surface area contributed by atoms with Crippen molar-refractivity contribution in [1.29, 1.82) is 0 Å². The summed E-state index contributed by atoms with van der Waals surface area (Å²) in [6, 6.07) is 12.7. The summed E-state index contributed by atoms with van der Waals surface area (Å²) in [6.45, 7) is 7.40. The van der Waals surface area contributed by atoms with Gasteiger partial charge in [0.05, 0.1) is 22.2 Å². The van der Waals surface area contributed by atoms with Crippen LogP contribution in [0.5, 0.6) is 0 Å². The molecule has 0 aliphatic heterocycles. The van der Waals surface area contributed by atoms with Crippen molar-refractivity contribution in [3.63, 3.8) is 0 Å². The first kappa shape index (κ1) is 20.5. The molecule has 0 saturated carbocycles. The van der Waals surface area contributed by atoms with Crippen LogP contribution in [-0.4, -0.2) is 25.6 Å². The minimum absolute atomic E-state index is 0.121. The lowest BCUT2D eigenvalue weighted by Crippen LogP contribution is -2.30. The number of nitrogens with one attached hydrogen (secondary N) is 1. The Balaban J connectivity index is 1.66. The summed E-state index contributed by atoms with van der Waals surface area (Å²) in [5, 5.41) is 7.40. The van der Waals surface area contributed by atoms with E-state index in [2.05, 4.69) is 20.4 Å². The van der Waals surface area contributed by atoms with Gasteiger partial charge in [0, 0.05) is 5.92 Å². The van der Waals surface area contributed by atoms with Crippen LogP contribution in [0.1, 0.15) is 37.0 Å². The van der Waals surface area contributed by atoms with E-state index in [1.165, 1.54) is 4.57 Å². The third-order valence-corrected chi connectivity index (χ3v) is 5.08. The molecule has 31 heavy (non-hydrogen) atoms. The quantitative estimate of drug-likeness (QED) is 0.529. The predicted molar refractivity (Wildman–Crippen MR) is 118 cm³/mol. The Morgan fingerprint density at radius 2 is 1.87 bits per heavy atom. The Morgan fingerprint density at radius 3 is 2.61 bits per heavy atom. The highest BCUT2D eigenvalue weighted by Gasteiger charge is 2.19. The number of anilines is 1. The highest BCUT2D eigenvalue weighted by atomic mass is 16.5. The summed E-state index contributed by atoms with van der Waals surface area (Å²) in [5.41, 5.74) is 2.41. The van der Waals surface area contributed by atoms with E-state index < -0.39 is 0 Å². The van der Waals surface area contributed by atoms with Crippen LogP contribution < -0.4 is 10.9 Å². The summed E-state index contributed by atoms with van der Waals surface area (Å²) >= 11 is 0. The van der Waals surface area contributed by atoms with Crippen LogP contribution in [0.25, 0.3) is 22.4 Å². The van der Waals surface area contributed by atoms with E-state index in [4.69, 9.17) is 4.52 Å². The molecule has 1 amide bonds. The molecule has 8 nitrogen and oxygen atoms in total. The maximum absolute atomic E-state index is 12.9. The number of aromatic nitrogens is 4. The van der Waals surface area contributed by atoms with Gasteiger partial charge in [0.1, 0.15) is 12.4 Å². The van der Waals surface area contributed by atoms with Gasteiger partial charge in [-0.05, 0) is 37.6 Å². The average molecular weight is 417 g/mol. The van der Waals surface area contributed by atoms with Crippen LogP contribution in [0, 0.1) is 13.8 Å². The van der Waals surface area contributed by atoms with Crippen molar-refractivity contribution in [3.8, 4) is 11.5 Å². The first-order chi connectivity index (χ1) is 14.8. The third-order valence-electron chi connectivity index (χ3n) is 5.08. The van der Waals surface area contributed by atoms with Crippen LogP contribution >= 0.6 is 0 Å². The average Bonchev–Trinajstić information content (AvgIpc) is 3.23. The molecule has 0 bridgehead atoms. The van der Waals surface area contributed by atoms with E-state index in [0.717, 1.165) is 5.56 Å². The van der Waals surface area contributed by atoms with Crippen molar-refractivity contribution in [1.82, 2.24) is 19.7 Å². The molecule has 0 saturated heterocycles. The molecular formula is C23H23N5O3. The summed E-state index contributed by atoms with van der Waals surface area (Å²) in [7, 11) is 0. The van der Waals surface area contributed by atoms with Gasteiger partial charge in [0.2, 0.25) is 5.91 Å². The van der Waals surface area contributed by atoms with Gasteiger partial charge in [0.25, 0.3) is 11.4 Å². The first-order valence-electron chi connectivity index (χ1n) is 10.0. The third kappa shape index (κ3) is 3.96. The molecule has 4 rings (SSSR count). The van der Waals surface area contributed by atoms with E-state index in [1.807, 2.05) is 45.0 Å². The molecule has 0 aliphatic carbocycles. The SMILES string of the molecule is Cc1cccc(-c2nc(C(C)C)no2)c1NC(=O)Cn1c(C)nc2ccccc2c1=O. The molecule has 4 aromatic rings. The number of rotatable bonds is 5. The second-order valence-corrected chi connectivity index (χ2v) is 7.73. The molecule has 0 fully saturated rings. The van der Waals surface area contributed by atoms with Gasteiger partial charge in [-0.1, -0.05) is 43.3 Å². The highest BCUT2D eigenvalue weighted by Crippen LogP contribution is 2.30. The lowest BCUT2D eigenvalue weighted by molar-refractivity contribution is -0.116. The molecule has 8 heteroatoms. The molecule has 2 aromatic heterocycles. The summed E-state index contributed by atoms with van der Waals surface area (Å²) < 4.78 is 6.79. The predicted octanol–water partition coefficient (Wildman–Crippen LogP) is 3.83. The number of hydrogen-bond acceptors (Lipinski definition) is 6. The lowest BCUT2D eigenvalue weighted by Gasteiger charge is -2.14. The number of carbonyl (C=O) groups is 1. The molecule has 2 heterocycles. The number of amides is 1. The number of aryl methyl sites for hydroxylation is 2. The van der Waals surface area contributed by atoms with E-state index in [0.29, 0.717) is 39.7 Å². The normalized spacial score (nSPS) is 11.3. The monoisotopic (exact) mass is 417 g/mol. The summed E-state index contributed by atoms with van der Waals surface area (Å²) in [4.78, 5) is 34.7. The number of fused-ring (bicyclic) bond motifs is 1. The Morgan fingerprint density at radius 1 is 1.10 bits per heavy atom. The Hall–Kier alpha value is -3.81. The van der Waals surface area contributed by atoms with Crippen LogP contribution in [0.4, 0.5) is 5.69 Å². The fourth-order valence-corrected chi connectivity index (χ4v) is 3.38. The molecule has 158 valence electrons. The van der Waals surface area contributed by atoms with Crippen LogP contribution in [-0.2, 0) is 11.3 Å². The van der Waals surface area contributed by atoms with Crippen molar-refractivity contribution in [2.24, 2.45) is 0 Å². The highest BCUT2D eigenvalue weighted by molar-refractivity contribution is 5.95. The second-order valence-electron chi connectivity index (χ2n) is 7.73. The fourth-order valence-electron chi connectivity index (χ4n) is 3.38. The minimum Gasteiger partial charge on any atom is -0.334 e. The zero-order chi connectivity index (χ0) is 22.1. The van der Waals surface area contributed by atoms with Crippen LogP contribution in [0.3, 0.4) is 0 Å². The van der Waals surface area contributed by atoms with Gasteiger partial charge in [-0.2, -0.15) is 4.98 Å². The van der Waals surface area contributed by atoms with Crippen molar-refractivity contribution >= 4 is 22.5 Å². The van der Waals surface area contributed by atoms with E-state index in [9.17, 15) is 9.59 Å². The molecule has 1 N–H and O–H groups in total. The molecule has 0 radical (unpaired) electrons. The van der Waals surface area contributed by atoms with Gasteiger partial charge in [-0.15, -0.1) is 0 Å². The lowest BCUT2D eigenvalue weighted by atomic mass is 10.1. The molecule has 0 unspecified atom stereocenters. The van der Waals surface area contributed by atoms with Crippen molar-refractivity contribution in [3.05, 3.63) is 70.0 Å². The largest absolute Gasteiger partial charge is 0.334 e. The van der Waals surface area contributed by atoms with Gasteiger partial charge in [-0.3, -0.25) is 14.2 Å². The Kier molecular flexibility index (Phi) is 5.37. The summed E-state index contributed by atoms with van der Waals surface area (Å²) in [6.07, 6.45) is 0. The van der Waals surface area contributed by atoms with Crippen molar-refractivity contribution in [2.75, 3.05) is 5.32 Å². The standard InChI is InChI=1S/C23H23N5O3/c1-13(2)21-26-22(31-27-21)17-10-7-8-14(3)20(17)25-19(29)12-28-15(4)24-18-11-6-5-9-16(18)23(28)30/h5-11,13H,12H2,1-4H3,(H,25,29). The maximum Gasteiger partial charge on any atom is 0.261 e. The fraction of sp³-hybridized carbons (Fsp3) is 0.261. The van der Waals surface area contributed by atoms with E-state index in [1.54, 1.807) is 25.1 Å². The topological polar surface area (TPSA) is 103 Å². The molecule has 0 spiro atoms. The second kappa shape index (κ2) is 8.14. The van der Waals surface area contributed by atoms with Crippen LogP contribution in [0.15, 0.2) is 51.8 Å². The van der Waals surface area contributed by atoms with E-state index >= 15 is 0 Å². The smallest absolute Gasteiger partial charge is 0.261 e. The van der Waals surface area contributed by atoms with Crippen molar-refractivity contribution in [2.45, 2.75) is 40.2 Å². The van der Waals surface area contributed by atoms with Gasteiger partial charge >= 0.3 is 0 Å². The Bertz CT molecular complexity index is 1340.